The van der Waals surface area contributed by atoms with Crippen molar-refractivity contribution in [2.24, 2.45) is 17.1 Å². The molecule has 0 radical (unpaired) electrons. The Morgan fingerprint density at radius 2 is 2.00 bits per heavy atom. The molecule has 1 aliphatic rings. The van der Waals surface area contributed by atoms with Crippen LogP contribution in [0.1, 0.15) is 46.0 Å². The molecule has 1 saturated heterocycles. The normalized spacial score (nSPS) is 20.0. The molecule has 4 heteroatoms. The Hall–Kier alpha value is -0.610. The molecular formula is C15H30N2O2. The molecule has 112 valence electrons. The van der Waals surface area contributed by atoms with E-state index >= 15 is 0 Å². The summed E-state index contributed by atoms with van der Waals surface area (Å²) in [5, 5.41) is 0. The number of hydrogen-bond acceptors (Lipinski definition) is 3. The van der Waals surface area contributed by atoms with Gasteiger partial charge in [0, 0.05) is 32.7 Å². The first-order valence-corrected chi connectivity index (χ1v) is 7.61. The van der Waals surface area contributed by atoms with E-state index < -0.39 is 0 Å². The maximum absolute atomic E-state index is 12.8. The number of methoxy groups -OCH3 is 1. The first-order chi connectivity index (χ1) is 9.13. The average molecular weight is 270 g/mol. The van der Waals surface area contributed by atoms with Crippen molar-refractivity contribution in [2.45, 2.75) is 46.0 Å². The van der Waals surface area contributed by atoms with Crippen molar-refractivity contribution in [1.29, 1.82) is 0 Å². The van der Waals surface area contributed by atoms with E-state index in [1.807, 2.05) is 4.90 Å². The fourth-order valence-corrected chi connectivity index (χ4v) is 3.31. The lowest BCUT2D eigenvalue weighted by atomic mass is 9.78. The smallest absolute Gasteiger partial charge is 0.230 e. The van der Waals surface area contributed by atoms with Crippen LogP contribution in [-0.4, -0.2) is 44.2 Å². The van der Waals surface area contributed by atoms with Crippen LogP contribution in [0.4, 0.5) is 0 Å². The van der Waals surface area contributed by atoms with E-state index in [1.165, 1.54) is 0 Å². The summed E-state index contributed by atoms with van der Waals surface area (Å²) in [6.45, 7) is 7.18. The van der Waals surface area contributed by atoms with Gasteiger partial charge in [-0.3, -0.25) is 4.79 Å². The van der Waals surface area contributed by atoms with Crippen LogP contribution in [0, 0.1) is 11.3 Å². The highest BCUT2D eigenvalue weighted by molar-refractivity contribution is 5.83. The highest BCUT2D eigenvalue weighted by Crippen LogP contribution is 2.33. The minimum absolute atomic E-state index is 0.275. The van der Waals surface area contributed by atoms with Crippen molar-refractivity contribution in [2.75, 3.05) is 33.4 Å². The molecule has 1 aliphatic heterocycles. The summed E-state index contributed by atoms with van der Waals surface area (Å²) in [6.07, 6.45) is 4.89. The van der Waals surface area contributed by atoms with Gasteiger partial charge in [-0.25, -0.2) is 0 Å². The Morgan fingerprint density at radius 3 is 2.47 bits per heavy atom. The third-order valence-corrected chi connectivity index (χ3v) is 4.28. The van der Waals surface area contributed by atoms with E-state index in [0.29, 0.717) is 12.5 Å². The number of nitrogens with two attached hydrogens (primary N) is 1. The van der Waals surface area contributed by atoms with Gasteiger partial charge in [-0.15, -0.1) is 0 Å². The molecule has 0 bridgehead atoms. The molecule has 1 atom stereocenters. The van der Waals surface area contributed by atoms with Crippen LogP contribution in [0.2, 0.25) is 0 Å². The van der Waals surface area contributed by atoms with Crippen LogP contribution in [-0.2, 0) is 9.53 Å². The Morgan fingerprint density at radius 1 is 1.37 bits per heavy atom. The Kier molecular flexibility index (Phi) is 6.80. The van der Waals surface area contributed by atoms with Gasteiger partial charge in [0.2, 0.25) is 5.91 Å². The fraction of sp³-hybridized carbons (Fsp3) is 0.933. The fourth-order valence-electron chi connectivity index (χ4n) is 3.31. The standard InChI is InChI=1S/C15H30N2O2/c1-4-7-15(12-16,8-5-2)14(18)17-9-6-13(10-17)11-19-3/h13H,4-12,16H2,1-3H3. The minimum Gasteiger partial charge on any atom is -0.384 e. The topological polar surface area (TPSA) is 55.6 Å². The lowest BCUT2D eigenvalue weighted by Gasteiger charge is -2.35. The summed E-state index contributed by atoms with van der Waals surface area (Å²) in [5.41, 5.74) is 5.64. The number of hydrogen-bond donors (Lipinski definition) is 1. The number of rotatable bonds is 8. The SMILES string of the molecule is CCCC(CN)(CCC)C(=O)N1CCC(COC)C1. The minimum atomic E-state index is -0.328. The van der Waals surface area contributed by atoms with Gasteiger partial charge in [-0.2, -0.15) is 0 Å². The van der Waals surface area contributed by atoms with Gasteiger partial charge in [0.05, 0.1) is 12.0 Å². The van der Waals surface area contributed by atoms with Crippen molar-refractivity contribution in [3.63, 3.8) is 0 Å². The summed E-state index contributed by atoms with van der Waals surface area (Å²) in [7, 11) is 1.73. The molecule has 0 aromatic heterocycles. The van der Waals surface area contributed by atoms with Crippen LogP contribution >= 0.6 is 0 Å². The number of likely N-dealkylation sites (tertiary alicyclic amines) is 1. The average Bonchev–Trinajstić information content (AvgIpc) is 2.86. The number of carbonyl (C=O) groups is 1. The second kappa shape index (κ2) is 7.85. The maximum atomic E-state index is 12.8. The van der Waals surface area contributed by atoms with E-state index in [0.717, 1.165) is 51.8 Å². The molecule has 2 N–H and O–H groups in total. The molecule has 0 saturated carbocycles. The lowest BCUT2D eigenvalue weighted by Crippen LogP contribution is -2.47. The first-order valence-electron chi connectivity index (χ1n) is 7.61. The molecule has 0 aromatic carbocycles. The second-order valence-corrected chi connectivity index (χ2v) is 5.85. The highest BCUT2D eigenvalue weighted by atomic mass is 16.5. The van der Waals surface area contributed by atoms with Crippen molar-refractivity contribution >= 4 is 5.91 Å². The molecule has 0 aromatic rings. The zero-order valence-corrected chi connectivity index (χ0v) is 12.8. The number of amides is 1. The van der Waals surface area contributed by atoms with Gasteiger partial charge in [0.1, 0.15) is 0 Å². The van der Waals surface area contributed by atoms with Crippen LogP contribution in [0.5, 0.6) is 0 Å². The molecule has 1 rings (SSSR count). The molecule has 19 heavy (non-hydrogen) atoms. The van der Waals surface area contributed by atoms with Gasteiger partial charge in [0.25, 0.3) is 0 Å². The van der Waals surface area contributed by atoms with Crippen molar-refractivity contribution in [3.8, 4) is 0 Å². The Bertz CT molecular complexity index is 275. The van der Waals surface area contributed by atoms with Crippen molar-refractivity contribution in [1.82, 2.24) is 4.90 Å². The van der Waals surface area contributed by atoms with Crippen LogP contribution < -0.4 is 5.73 Å². The molecular weight excluding hydrogens is 240 g/mol. The van der Waals surface area contributed by atoms with Gasteiger partial charge < -0.3 is 15.4 Å². The van der Waals surface area contributed by atoms with E-state index in [4.69, 9.17) is 10.5 Å². The van der Waals surface area contributed by atoms with E-state index in [9.17, 15) is 4.79 Å². The Labute approximate surface area is 117 Å². The third-order valence-electron chi connectivity index (χ3n) is 4.28. The summed E-state index contributed by atoms with van der Waals surface area (Å²) in [5.74, 6) is 0.769. The van der Waals surface area contributed by atoms with Crippen LogP contribution in [0.3, 0.4) is 0 Å². The van der Waals surface area contributed by atoms with E-state index in [2.05, 4.69) is 13.8 Å². The monoisotopic (exact) mass is 270 g/mol. The summed E-state index contributed by atoms with van der Waals surface area (Å²) >= 11 is 0. The lowest BCUT2D eigenvalue weighted by molar-refractivity contribution is -0.141. The molecule has 1 fully saturated rings. The summed E-state index contributed by atoms with van der Waals surface area (Å²) < 4.78 is 5.20. The van der Waals surface area contributed by atoms with Crippen LogP contribution in [0.25, 0.3) is 0 Å². The van der Waals surface area contributed by atoms with E-state index in [1.54, 1.807) is 7.11 Å². The first kappa shape index (κ1) is 16.4. The number of nitrogens with zero attached hydrogens (tertiary/aromatic N) is 1. The summed E-state index contributed by atoms with van der Waals surface area (Å²) in [6, 6.07) is 0. The van der Waals surface area contributed by atoms with Crippen molar-refractivity contribution < 1.29 is 9.53 Å². The molecule has 1 unspecified atom stereocenters. The largest absolute Gasteiger partial charge is 0.384 e. The van der Waals surface area contributed by atoms with Gasteiger partial charge >= 0.3 is 0 Å². The summed E-state index contributed by atoms with van der Waals surface area (Å²) in [4.78, 5) is 14.8. The quantitative estimate of drug-likeness (QED) is 0.734. The molecule has 0 spiro atoms. The predicted octanol–water partition coefficient (Wildman–Crippen LogP) is 2.03. The molecule has 4 nitrogen and oxygen atoms in total. The highest BCUT2D eigenvalue weighted by Gasteiger charge is 2.40. The Balaban J connectivity index is 2.71. The number of ether oxygens (including phenoxy) is 1. The van der Waals surface area contributed by atoms with Crippen LogP contribution in [0.15, 0.2) is 0 Å². The van der Waals surface area contributed by atoms with Crippen molar-refractivity contribution in [3.05, 3.63) is 0 Å². The zero-order valence-electron chi connectivity index (χ0n) is 12.8. The molecule has 0 aliphatic carbocycles. The van der Waals surface area contributed by atoms with Gasteiger partial charge in [-0.05, 0) is 19.3 Å². The second-order valence-electron chi connectivity index (χ2n) is 5.85. The van der Waals surface area contributed by atoms with E-state index in [-0.39, 0.29) is 11.3 Å². The molecule has 1 amide bonds. The van der Waals surface area contributed by atoms with Gasteiger partial charge in [0.15, 0.2) is 0 Å². The predicted molar refractivity (Wildman–Crippen MR) is 77.9 cm³/mol. The molecule has 1 heterocycles. The maximum Gasteiger partial charge on any atom is 0.230 e. The van der Waals surface area contributed by atoms with Gasteiger partial charge in [-0.1, -0.05) is 26.7 Å². The number of carbonyl (C=O) groups excluding carboxylic acids is 1. The zero-order chi connectivity index (χ0) is 14.3. The third kappa shape index (κ3) is 3.93.